The number of ether oxygens (including phenoxy) is 1. The van der Waals surface area contributed by atoms with Crippen LogP contribution in [0.4, 0.5) is 0 Å². The molecule has 0 aliphatic carbocycles. The summed E-state index contributed by atoms with van der Waals surface area (Å²) in [5, 5.41) is 27.6. The second-order valence-corrected chi connectivity index (χ2v) is 2.86. The molecule has 0 unspecified atom stereocenters. The molecule has 0 aromatic heterocycles. The highest BCUT2D eigenvalue weighted by Crippen LogP contribution is 2.17. The summed E-state index contributed by atoms with van der Waals surface area (Å²) < 4.78 is 4.83. The fourth-order valence-electron chi connectivity index (χ4n) is 1.16. The van der Waals surface area contributed by atoms with E-state index >= 15 is 0 Å². The Balaban J connectivity index is 2.63. The van der Waals surface area contributed by atoms with Gasteiger partial charge in [0.25, 0.3) is 0 Å². The predicted molar refractivity (Wildman–Crippen MR) is 39.9 cm³/mol. The van der Waals surface area contributed by atoms with E-state index in [1.807, 2.05) is 0 Å². The highest BCUT2D eigenvalue weighted by molar-refractivity contribution is 4.91. The number of aliphatic hydroxyl groups excluding tert-OH is 3. The third kappa shape index (κ3) is 1.58. The van der Waals surface area contributed by atoms with E-state index in [0.29, 0.717) is 0 Å². The lowest BCUT2D eigenvalue weighted by atomic mass is 9.98. The molecule has 0 amide bonds. The molecule has 12 heavy (non-hydrogen) atoms. The van der Waals surface area contributed by atoms with Gasteiger partial charge in [-0.1, -0.05) is 0 Å². The maximum atomic E-state index is 9.28. The number of aliphatic hydroxyl groups is 3. The molecule has 0 saturated carbocycles. The smallest absolute Gasteiger partial charge is 0.172 e. The largest absolute Gasteiger partial charge is 0.388 e. The zero-order valence-electron chi connectivity index (χ0n) is 6.50. The second-order valence-electron chi connectivity index (χ2n) is 2.86. The summed E-state index contributed by atoms with van der Waals surface area (Å²) in [5.74, 6) is 0. The Labute approximate surface area is 69.7 Å². The van der Waals surface area contributed by atoms with Crippen molar-refractivity contribution in [3.8, 4) is 0 Å². The number of hydrogen-bond acceptors (Lipinski definition) is 6. The van der Waals surface area contributed by atoms with Gasteiger partial charge < -0.3 is 31.5 Å². The van der Waals surface area contributed by atoms with Gasteiger partial charge in [0.1, 0.15) is 18.3 Å². The lowest BCUT2D eigenvalue weighted by Crippen LogP contribution is -2.62. The van der Waals surface area contributed by atoms with E-state index in [1.54, 1.807) is 0 Å². The van der Waals surface area contributed by atoms with Crippen LogP contribution in [-0.4, -0.2) is 52.5 Å². The Hall–Kier alpha value is -0.240. The summed E-state index contributed by atoms with van der Waals surface area (Å²) in [6, 6.07) is -0.984. The van der Waals surface area contributed by atoms with Crippen molar-refractivity contribution in [2.45, 2.75) is 30.6 Å². The van der Waals surface area contributed by atoms with Crippen LogP contribution in [0.1, 0.15) is 0 Å². The molecule has 0 aromatic rings. The number of rotatable bonds is 1. The van der Waals surface area contributed by atoms with Gasteiger partial charge in [-0.2, -0.15) is 0 Å². The van der Waals surface area contributed by atoms with Crippen LogP contribution in [0.15, 0.2) is 0 Å². The third-order valence-electron chi connectivity index (χ3n) is 2.00. The maximum Gasteiger partial charge on any atom is 0.172 e. The first kappa shape index (κ1) is 9.85. The molecule has 1 aliphatic rings. The molecular weight excluding hydrogens is 164 g/mol. The molecule has 1 rings (SSSR count). The van der Waals surface area contributed by atoms with E-state index in [-0.39, 0.29) is 6.54 Å². The van der Waals surface area contributed by atoms with Crippen LogP contribution >= 0.6 is 0 Å². The fraction of sp³-hybridized carbons (Fsp3) is 1.00. The standard InChI is InChI=1S/C6H14N2O4/c7-1-2-4(9)5(10)3(8)6(11)12-2/h2-6,9-11H,1,7-8H2/t2-,3-,4-,5-,6-/m1/s1. The van der Waals surface area contributed by atoms with Crippen molar-refractivity contribution in [1.82, 2.24) is 0 Å². The van der Waals surface area contributed by atoms with Crippen LogP contribution in [0.2, 0.25) is 0 Å². The first-order chi connectivity index (χ1) is 5.57. The van der Waals surface area contributed by atoms with Crippen molar-refractivity contribution in [3.05, 3.63) is 0 Å². The van der Waals surface area contributed by atoms with Crippen molar-refractivity contribution in [3.63, 3.8) is 0 Å². The van der Waals surface area contributed by atoms with Gasteiger partial charge in [0.05, 0.1) is 6.04 Å². The van der Waals surface area contributed by atoms with E-state index in [9.17, 15) is 10.2 Å². The van der Waals surface area contributed by atoms with Crippen LogP contribution in [0, 0.1) is 0 Å². The Bertz CT molecular complexity index is 152. The van der Waals surface area contributed by atoms with Crippen molar-refractivity contribution in [2.24, 2.45) is 11.5 Å². The van der Waals surface area contributed by atoms with Gasteiger partial charge in [0.2, 0.25) is 0 Å². The molecule has 0 spiro atoms. The molecule has 5 atom stereocenters. The minimum atomic E-state index is -1.27. The summed E-state index contributed by atoms with van der Waals surface area (Å²) in [7, 11) is 0. The molecule has 6 nitrogen and oxygen atoms in total. The van der Waals surface area contributed by atoms with Gasteiger partial charge in [-0.25, -0.2) is 0 Å². The van der Waals surface area contributed by atoms with E-state index in [1.165, 1.54) is 0 Å². The minimum Gasteiger partial charge on any atom is -0.388 e. The van der Waals surface area contributed by atoms with E-state index < -0.39 is 30.6 Å². The highest BCUT2D eigenvalue weighted by atomic mass is 16.6. The zero-order chi connectivity index (χ0) is 9.30. The van der Waals surface area contributed by atoms with Gasteiger partial charge in [-0.05, 0) is 0 Å². The molecule has 0 radical (unpaired) electrons. The SMILES string of the molecule is NC[C@H]1O[C@@H](O)[C@H](N)[C@@H](O)[C@@H]1O. The van der Waals surface area contributed by atoms with Gasteiger partial charge in [-0.3, -0.25) is 0 Å². The van der Waals surface area contributed by atoms with Gasteiger partial charge in [0.15, 0.2) is 6.29 Å². The number of hydrogen-bond donors (Lipinski definition) is 5. The van der Waals surface area contributed by atoms with Crippen molar-refractivity contribution in [2.75, 3.05) is 6.54 Å². The molecule has 7 N–H and O–H groups in total. The summed E-state index contributed by atoms with van der Waals surface area (Å²) in [4.78, 5) is 0. The Morgan fingerprint density at radius 1 is 1.17 bits per heavy atom. The van der Waals surface area contributed by atoms with E-state index in [0.717, 1.165) is 0 Å². The second kappa shape index (κ2) is 3.65. The van der Waals surface area contributed by atoms with Crippen molar-refractivity contribution in [1.29, 1.82) is 0 Å². The van der Waals surface area contributed by atoms with Crippen LogP contribution in [0.5, 0.6) is 0 Å². The zero-order valence-corrected chi connectivity index (χ0v) is 6.50. The van der Waals surface area contributed by atoms with E-state index in [4.69, 9.17) is 21.3 Å². The third-order valence-corrected chi connectivity index (χ3v) is 2.00. The normalized spacial score (nSPS) is 49.2. The van der Waals surface area contributed by atoms with E-state index in [2.05, 4.69) is 0 Å². The summed E-state index contributed by atoms with van der Waals surface area (Å²) in [5.41, 5.74) is 10.5. The van der Waals surface area contributed by atoms with Crippen molar-refractivity contribution >= 4 is 0 Å². The average Bonchev–Trinajstić information content (AvgIpc) is 2.08. The fourth-order valence-corrected chi connectivity index (χ4v) is 1.16. The first-order valence-electron chi connectivity index (χ1n) is 3.73. The Kier molecular flexibility index (Phi) is 2.99. The Morgan fingerprint density at radius 3 is 2.25 bits per heavy atom. The monoisotopic (exact) mass is 178 g/mol. The Morgan fingerprint density at radius 2 is 1.75 bits per heavy atom. The molecule has 72 valence electrons. The van der Waals surface area contributed by atoms with Crippen LogP contribution < -0.4 is 11.5 Å². The summed E-state index contributed by atoms with van der Waals surface area (Å²) in [6.07, 6.45) is -4.34. The lowest BCUT2D eigenvalue weighted by Gasteiger charge is -2.38. The first-order valence-corrected chi connectivity index (χ1v) is 3.73. The molecule has 1 heterocycles. The van der Waals surface area contributed by atoms with Gasteiger partial charge in [-0.15, -0.1) is 0 Å². The summed E-state index contributed by atoms with van der Waals surface area (Å²) in [6.45, 7) is 0.0298. The minimum absolute atomic E-state index is 0.0298. The quantitative estimate of drug-likeness (QED) is 0.287. The average molecular weight is 178 g/mol. The van der Waals surface area contributed by atoms with Gasteiger partial charge in [0, 0.05) is 6.54 Å². The molecule has 1 aliphatic heterocycles. The van der Waals surface area contributed by atoms with Crippen LogP contribution in [0.25, 0.3) is 0 Å². The molecule has 0 aromatic carbocycles. The van der Waals surface area contributed by atoms with Crippen LogP contribution in [0.3, 0.4) is 0 Å². The van der Waals surface area contributed by atoms with Gasteiger partial charge >= 0.3 is 0 Å². The summed E-state index contributed by atoms with van der Waals surface area (Å²) >= 11 is 0. The maximum absolute atomic E-state index is 9.28. The van der Waals surface area contributed by atoms with Crippen LogP contribution in [-0.2, 0) is 4.74 Å². The molecule has 1 fully saturated rings. The molecule has 6 heteroatoms. The number of nitrogens with two attached hydrogens (primary N) is 2. The highest BCUT2D eigenvalue weighted by Gasteiger charge is 2.41. The predicted octanol–water partition coefficient (Wildman–Crippen LogP) is -3.29. The van der Waals surface area contributed by atoms with Crippen molar-refractivity contribution < 1.29 is 20.1 Å². The topological polar surface area (TPSA) is 122 Å². The lowest BCUT2D eigenvalue weighted by molar-refractivity contribution is -0.238. The molecule has 0 bridgehead atoms. The molecular formula is C6H14N2O4. The molecule has 1 saturated heterocycles.